The molecule has 3 rings (SSSR count). The van der Waals surface area contributed by atoms with Gasteiger partial charge in [0.2, 0.25) is 5.67 Å². The van der Waals surface area contributed by atoms with E-state index in [4.69, 9.17) is 0 Å². The Morgan fingerprint density at radius 2 is 2.08 bits per heavy atom. The Morgan fingerprint density at radius 1 is 1.36 bits per heavy atom. The van der Waals surface area contributed by atoms with Crippen molar-refractivity contribution in [1.82, 2.24) is 19.2 Å². The van der Waals surface area contributed by atoms with Crippen LogP contribution in [0.15, 0.2) is 47.9 Å². The minimum absolute atomic E-state index is 0.0613. The molecule has 1 aliphatic rings. The molecule has 7 nitrogen and oxygen atoms in total. The molecule has 1 atom stereocenters. The molecule has 2 heterocycles. The molecule has 1 aromatic heterocycles. The van der Waals surface area contributed by atoms with Crippen LogP contribution in [-0.4, -0.2) is 46.9 Å². The zero-order valence-corrected chi connectivity index (χ0v) is 14.5. The van der Waals surface area contributed by atoms with Crippen LogP contribution in [-0.2, 0) is 28.4 Å². The monoisotopic (exact) mass is 366 g/mol. The fourth-order valence-corrected chi connectivity index (χ4v) is 4.17. The molecule has 0 bridgehead atoms. The van der Waals surface area contributed by atoms with Crippen LogP contribution in [0.3, 0.4) is 0 Å². The number of sulfonamides is 1. The average Bonchev–Trinajstić information content (AvgIpc) is 3.21. The number of halogens is 1. The fraction of sp³-hybridized carbons (Fsp3) is 0.375. The highest BCUT2D eigenvalue weighted by molar-refractivity contribution is 7.89. The molecule has 25 heavy (non-hydrogen) atoms. The molecule has 1 aromatic carbocycles. The Bertz CT molecular complexity index is 869. The molecule has 0 saturated carbocycles. The summed E-state index contributed by atoms with van der Waals surface area (Å²) in [6.07, 6.45) is 2.53. The van der Waals surface area contributed by atoms with Crippen LogP contribution in [0.5, 0.6) is 0 Å². The maximum atomic E-state index is 15.0. The molecule has 134 valence electrons. The van der Waals surface area contributed by atoms with Crippen LogP contribution in [0, 0.1) is 0 Å². The van der Waals surface area contributed by atoms with Crippen LogP contribution in [0.4, 0.5) is 4.39 Å². The minimum atomic E-state index is -3.91. The molecule has 0 spiro atoms. The van der Waals surface area contributed by atoms with Gasteiger partial charge in [-0.15, -0.1) is 0 Å². The van der Waals surface area contributed by atoms with Crippen molar-refractivity contribution in [3.8, 4) is 0 Å². The van der Waals surface area contributed by atoms with Gasteiger partial charge in [-0.1, -0.05) is 30.3 Å². The molecule has 1 amide bonds. The number of hydrogen-bond acceptors (Lipinski definition) is 4. The Hall–Kier alpha value is -2.26. The van der Waals surface area contributed by atoms with Crippen molar-refractivity contribution in [2.24, 2.45) is 7.05 Å². The lowest BCUT2D eigenvalue weighted by molar-refractivity contribution is -0.132. The van der Waals surface area contributed by atoms with Gasteiger partial charge in [-0.05, 0) is 5.56 Å². The number of rotatable bonds is 5. The van der Waals surface area contributed by atoms with E-state index >= 15 is 0 Å². The molecule has 2 aromatic rings. The normalized spacial score (nSPS) is 21.4. The smallest absolute Gasteiger partial charge is 0.262 e. The first kappa shape index (κ1) is 17.6. The van der Waals surface area contributed by atoms with Crippen LogP contribution in [0.1, 0.15) is 12.0 Å². The van der Waals surface area contributed by atoms with Gasteiger partial charge < -0.3 is 9.88 Å². The van der Waals surface area contributed by atoms with Gasteiger partial charge in [-0.25, -0.2) is 17.8 Å². The Balaban J connectivity index is 1.67. The van der Waals surface area contributed by atoms with E-state index in [1.165, 1.54) is 17.1 Å². The Morgan fingerprint density at radius 3 is 2.72 bits per heavy atom. The number of benzene rings is 1. The van der Waals surface area contributed by atoms with Gasteiger partial charge in [0.05, 0.1) is 12.9 Å². The second-order valence-corrected chi connectivity index (χ2v) is 7.98. The van der Waals surface area contributed by atoms with E-state index in [-0.39, 0.29) is 24.5 Å². The quantitative estimate of drug-likeness (QED) is 0.850. The van der Waals surface area contributed by atoms with E-state index in [0.29, 0.717) is 0 Å². The van der Waals surface area contributed by atoms with E-state index in [1.54, 1.807) is 7.05 Å². The van der Waals surface area contributed by atoms with Crippen LogP contribution in [0.2, 0.25) is 0 Å². The Labute approximate surface area is 145 Å². The van der Waals surface area contributed by atoms with Gasteiger partial charge >= 0.3 is 0 Å². The standard InChI is InChI=1S/C16H19FN4O3S/c1-20-10-14(19-12-20)25(23,24)21-8-7-16(17,11-21)15(22)18-9-13-5-3-2-4-6-13/h2-6,10,12H,7-9,11H2,1H3,(H,18,22). The first-order chi connectivity index (χ1) is 11.8. The third-order valence-electron chi connectivity index (χ3n) is 4.17. The number of nitrogens with zero attached hydrogens (tertiary/aromatic N) is 3. The van der Waals surface area contributed by atoms with Gasteiger partial charge in [-0.2, -0.15) is 4.31 Å². The molecule has 1 aliphatic heterocycles. The summed E-state index contributed by atoms with van der Waals surface area (Å²) in [6, 6.07) is 9.13. The third-order valence-corrected chi connectivity index (χ3v) is 5.90. The number of hydrogen-bond donors (Lipinski definition) is 1. The molecule has 1 saturated heterocycles. The minimum Gasteiger partial charge on any atom is -0.349 e. The van der Waals surface area contributed by atoms with Crippen molar-refractivity contribution in [3.63, 3.8) is 0 Å². The second kappa shape index (κ2) is 6.57. The molecule has 9 heteroatoms. The lowest BCUT2D eigenvalue weighted by Crippen LogP contribution is -2.45. The van der Waals surface area contributed by atoms with Crippen LogP contribution < -0.4 is 5.32 Å². The summed E-state index contributed by atoms with van der Waals surface area (Å²) < 4.78 is 42.4. The second-order valence-electron chi connectivity index (χ2n) is 6.10. The highest BCUT2D eigenvalue weighted by Crippen LogP contribution is 2.30. The number of carbonyl (C=O) groups excluding carboxylic acids is 1. The van der Waals surface area contributed by atoms with Gasteiger partial charge in [0.15, 0.2) is 5.03 Å². The number of carbonyl (C=O) groups is 1. The molecular weight excluding hydrogens is 347 g/mol. The highest BCUT2D eigenvalue weighted by atomic mass is 32.2. The zero-order valence-electron chi connectivity index (χ0n) is 13.7. The molecule has 1 N–H and O–H groups in total. The highest BCUT2D eigenvalue weighted by Gasteiger charge is 2.49. The molecule has 0 radical (unpaired) electrons. The lowest BCUT2D eigenvalue weighted by atomic mass is 10.0. The zero-order chi connectivity index (χ0) is 18.1. The van der Waals surface area contributed by atoms with Crippen LogP contribution >= 0.6 is 0 Å². The average molecular weight is 366 g/mol. The number of aryl methyl sites for hydroxylation is 1. The van der Waals surface area contributed by atoms with E-state index in [1.807, 2.05) is 30.3 Å². The van der Waals surface area contributed by atoms with Crippen molar-refractivity contribution in [2.75, 3.05) is 13.1 Å². The van der Waals surface area contributed by atoms with Gasteiger partial charge in [0.1, 0.15) is 0 Å². The van der Waals surface area contributed by atoms with Gasteiger partial charge in [0.25, 0.3) is 15.9 Å². The van der Waals surface area contributed by atoms with Crippen molar-refractivity contribution in [3.05, 3.63) is 48.4 Å². The van der Waals surface area contributed by atoms with E-state index in [0.717, 1.165) is 9.87 Å². The summed E-state index contributed by atoms with van der Waals surface area (Å²) in [5.41, 5.74) is -1.40. The first-order valence-corrected chi connectivity index (χ1v) is 9.24. The maximum Gasteiger partial charge on any atom is 0.262 e. The summed E-state index contributed by atoms with van der Waals surface area (Å²) in [5, 5.41) is 2.39. The summed E-state index contributed by atoms with van der Waals surface area (Å²) in [4.78, 5) is 16.0. The third kappa shape index (κ3) is 3.57. The van der Waals surface area contributed by atoms with Crippen molar-refractivity contribution >= 4 is 15.9 Å². The Kier molecular flexibility index (Phi) is 4.61. The molecule has 1 unspecified atom stereocenters. The van der Waals surface area contributed by atoms with Gasteiger partial charge in [0, 0.05) is 32.8 Å². The largest absolute Gasteiger partial charge is 0.349 e. The summed E-state index contributed by atoms with van der Waals surface area (Å²) in [6.45, 7) is -0.376. The van der Waals surface area contributed by atoms with E-state index in [9.17, 15) is 17.6 Å². The lowest BCUT2D eigenvalue weighted by Gasteiger charge is -2.20. The number of aromatic nitrogens is 2. The number of amides is 1. The maximum absolute atomic E-state index is 15.0. The number of imidazole rings is 1. The summed E-state index contributed by atoms with van der Waals surface area (Å²) in [5.74, 6) is -0.796. The SMILES string of the molecule is Cn1cnc(S(=O)(=O)N2CCC(F)(C(=O)NCc3ccccc3)C2)c1. The van der Waals surface area contributed by atoms with Crippen molar-refractivity contribution in [1.29, 1.82) is 0 Å². The fourth-order valence-electron chi connectivity index (χ4n) is 2.72. The molecule has 1 fully saturated rings. The topological polar surface area (TPSA) is 84.3 Å². The van der Waals surface area contributed by atoms with Crippen molar-refractivity contribution in [2.45, 2.75) is 23.7 Å². The van der Waals surface area contributed by atoms with E-state index in [2.05, 4.69) is 10.3 Å². The molecular formula is C16H19FN4O3S. The number of nitrogens with one attached hydrogen (secondary N) is 1. The predicted molar refractivity (Wildman–Crippen MR) is 88.7 cm³/mol. The number of alkyl halides is 1. The predicted octanol–water partition coefficient (Wildman–Crippen LogP) is 0.839. The van der Waals surface area contributed by atoms with Gasteiger partial charge in [-0.3, -0.25) is 4.79 Å². The van der Waals surface area contributed by atoms with Crippen molar-refractivity contribution < 1.29 is 17.6 Å². The van der Waals surface area contributed by atoms with E-state index < -0.39 is 28.1 Å². The summed E-state index contributed by atoms with van der Waals surface area (Å²) in [7, 11) is -2.26. The first-order valence-electron chi connectivity index (χ1n) is 7.80. The van der Waals surface area contributed by atoms with Crippen LogP contribution in [0.25, 0.3) is 0 Å². The molecule has 0 aliphatic carbocycles. The summed E-state index contributed by atoms with van der Waals surface area (Å²) >= 11 is 0.